The zero-order valence-electron chi connectivity index (χ0n) is 8.02. The van der Waals surface area contributed by atoms with E-state index in [0.29, 0.717) is 11.6 Å². The Bertz CT molecular complexity index is 395. The van der Waals surface area contributed by atoms with Gasteiger partial charge in [0.05, 0.1) is 0 Å². The van der Waals surface area contributed by atoms with Crippen molar-refractivity contribution in [3.8, 4) is 0 Å². The molecule has 0 radical (unpaired) electrons. The molecule has 1 N–H and O–H groups in total. The van der Waals surface area contributed by atoms with Gasteiger partial charge in [-0.2, -0.15) is 0 Å². The Labute approximate surface area is 83.8 Å². The van der Waals surface area contributed by atoms with Crippen LogP contribution < -0.4 is 4.72 Å². The van der Waals surface area contributed by atoms with Gasteiger partial charge in [-0.3, -0.25) is 4.72 Å². The van der Waals surface area contributed by atoms with E-state index in [9.17, 15) is 13.0 Å². The summed E-state index contributed by atoms with van der Waals surface area (Å²) in [5, 5.41) is 0. The highest BCUT2D eigenvalue weighted by atomic mass is 32.2. The van der Waals surface area contributed by atoms with E-state index in [-0.39, 0.29) is 0 Å². The average Bonchev–Trinajstić information content (AvgIpc) is 2.02. The van der Waals surface area contributed by atoms with Gasteiger partial charge in [0.1, 0.15) is 0 Å². The second kappa shape index (κ2) is 3.98. The lowest BCUT2D eigenvalue weighted by molar-refractivity contribution is 0.469. The molecule has 0 aliphatic rings. The Kier molecular flexibility index (Phi) is 3.13. The lowest BCUT2D eigenvalue weighted by Crippen LogP contribution is -2.10. The molecule has 4 nitrogen and oxygen atoms in total. The Morgan fingerprint density at radius 2 is 1.71 bits per heavy atom. The minimum absolute atomic E-state index is 0.296. The molecule has 0 aromatic heterocycles. The molecular formula is C9H12NO3S-. The van der Waals surface area contributed by atoms with Crippen molar-refractivity contribution in [2.75, 3.05) is 4.72 Å². The van der Waals surface area contributed by atoms with Crippen molar-refractivity contribution >= 4 is 16.0 Å². The first-order valence-corrected chi connectivity index (χ1v) is 5.63. The van der Waals surface area contributed by atoms with Crippen LogP contribution >= 0.6 is 0 Å². The zero-order chi connectivity index (χ0) is 10.8. The fourth-order valence-electron chi connectivity index (χ4n) is 1.08. The molecule has 0 atom stereocenters. The van der Waals surface area contributed by atoms with Gasteiger partial charge in [-0.25, -0.2) is 8.42 Å². The highest BCUT2D eigenvalue weighted by Gasteiger charge is 1.99. The van der Waals surface area contributed by atoms with Crippen LogP contribution in [0.25, 0.3) is 0 Å². The molecule has 1 rings (SSSR count). The van der Waals surface area contributed by atoms with Gasteiger partial charge in [0.2, 0.25) is 0 Å². The van der Waals surface area contributed by atoms with Crippen molar-refractivity contribution in [2.24, 2.45) is 0 Å². The number of hydrogen-bond donors (Lipinski definition) is 1. The maximum absolute atomic E-state index is 10.4. The fraction of sp³-hybridized carbons (Fsp3) is 0.333. The summed E-state index contributed by atoms with van der Waals surface area (Å²) in [6, 6.07) is 6.73. The molecule has 78 valence electrons. The number of anilines is 1. The van der Waals surface area contributed by atoms with E-state index in [4.69, 9.17) is 0 Å². The van der Waals surface area contributed by atoms with E-state index < -0.39 is 10.3 Å². The molecule has 0 saturated carbocycles. The molecule has 0 saturated heterocycles. The molecular weight excluding hydrogens is 202 g/mol. The zero-order valence-corrected chi connectivity index (χ0v) is 8.84. The van der Waals surface area contributed by atoms with Crippen LogP contribution in [0, 0.1) is 0 Å². The molecule has 1 aromatic carbocycles. The number of nitrogens with one attached hydrogen (secondary N) is 1. The molecule has 14 heavy (non-hydrogen) atoms. The molecule has 0 spiro atoms. The summed E-state index contributed by atoms with van der Waals surface area (Å²) in [6.07, 6.45) is 0. The summed E-state index contributed by atoms with van der Waals surface area (Å²) in [5.41, 5.74) is 1.39. The smallest absolute Gasteiger partial charge is 0.181 e. The monoisotopic (exact) mass is 214 g/mol. The molecule has 0 amide bonds. The van der Waals surface area contributed by atoms with Gasteiger partial charge in [-0.05, 0) is 23.6 Å². The predicted molar refractivity (Wildman–Crippen MR) is 53.9 cm³/mol. The van der Waals surface area contributed by atoms with Crippen LogP contribution in [0.5, 0.6) is 0 Å². The summed E-state index contributed by atoms with van der Waals surface area (Å²) in [6.45, 7) is 4.07. The maximum Gasteiger partial charge on any atom is 0.181 e. The first-order valence-electron chi connectivity index (χ1n) is 4.22. The third kappa shape index (κ3) is 3.35. The van der Waals surface area contributed by atoms with Crippen molar-refractivity contribution in [1.82, 2.24) is 0 Å². The van der Waals surface area contributed by atoms with Crippen LogP contribution in [0.2, 0.25) is 0 Å². The van der Waals surface area contributed by atoms with Crippen molar-refractivity contribution in [3.05, 3.63) is 29.8 Å². The van der Waals surface area contributed by atoms with Crippen molar-refractivity contribution in [2.45, 2.75) is 19.8 Å². The van der Waals surface area contributed by atoms with Gasteiger partial charge in [-0.15, -0.1) is 0 Å². The van der Waals surface area contributed by atoms with Crippen molar-refractivity contribution < 1.29 is 13.0 Å². The average molecular weight is 214 g/mol. The van der Waals surface area contributed by atoms with Crippen LogP contribution in [-0.2, 0) is 10.3 Å². The molecule has 0 bridgehead atoms. The second-order valence-electron chi connectivity index (χ2n) is 3.33. The van der Waals surface area contributed by atoms with Crippen molar-refractivity contribution in [1.29, 1.82) is 0 Å². The van der Waals surface area contributed by atoms with E-state index in [1.165, 1.54) is 0 Å². The summed E-state index contributed by atoms with van der Waals surface area (Å²) in [5.74, 6) is 0.382. The lowest BCUT2D eigenvalue weighted by atomic mass is 10.0. The molecule has 5 heteroatoms. The quantitative estimate of drug-likeness (QED) is 0.778. The van der Waals surface area contributed by atoms with Gasteiger partial charge in [0.25, 0.3) is 0 Å². The third-order valence-corrected chi connectivity index (χ3v) is 2.31. The largest absolute Gasteiger partial charge is 0.731 e. The molecule has 0 heterocycles. The van der Waals surface area contributed by atoms with E-state index in [1.54, 1.807) is 24.3 Å². The highest BCUT2D eigenvalue weighted by Crippen LogP contribution is 2.17. The van der Waals surface area contributed by atoms with Crippen LogP contribution in [0.1, 0.15) is 25.3 Å². The first-order chi connectivity index (χ1) is 6.38. The summed E-state index contributed by atoms with van der Waals surface area (Å²) < 4.78 is 32.9. The van der Waals surface area contributed by atoms with Gasteiger partial charge in [0.15, 0.2) is 10.3 Å². The van der Waals surface area contributed by atoms with E-state index in [0.717, 1.165) is 5.56 Å². The minimum atomic E-state index is -4.41. The van der Waals surface area contributed by atoms with Gasteiger partial charge >= 0.3 is 0 Å². The van der Waals surface area contributed by atoms with Crippen LogP contribution in [0.3, 0.4) is 0 Å². The second-order valence-corrected chi connectivity index (χ2v) is 4.45. The van der Waals surface area contributed by atoms with Gasteiger partial charge in [-0.1, -0.05) is 26.0 Å². The number of rotatable bonds is 3. The fourth-order valence-corrected chi connectivity index (χ4v) is 1.51. The van der Waals surface area contributed by atoms with Gasteiger partial charge < -0.3 is 4.55 Å². The van der Waals surface area contributed by atoms with Crippen LogP contribution in [0.4, 0.5) is 5.69 Å². The van der Waals surface area contributed by atoms with Crippen LogP contribution in [0.15, 0.2) is 24.3 Å². The summed E-state index contributed by atoms with van der Waals surface area (Å²) in [7, 11) is -4.41. The normalized spacial score (nSPS) is 11.7. The number of hydrogen-bond acceptors (Lipinski definition) is 3. The Morgan fingerprint density at radius 1 is 1.21 bits per heavy atom. The first kappa shape index (κ1) is 11.0. The summed E-state index contributed by atoms with van der Waals surface area (Å²) in [4.78, 5) is 0. The SMILES string of the molecule is CC(C)c1ccc(NS(=O)(=O)[O-])cc1. The maximum atomic E-state index is 10.4. The number of benzene rings is 1. The van der Waals surface area contributed by atoms with E-state index in [2.05, 4.69) is 0 Å². The molecule has 0 unspecified atom stereocenters. The standard InChI is InChI=1S/C9H13NO3S/c1-7(2)8-3-5-9(6-4-8)10-14(11,12)13/h3-7,10H,1-2H3,(H,11,12,13)/p-1. The molecule has 0 fully saturated rings. The topological polar surface area (TPSA) is 69.2 Å². The van der Waals surface area contributed by atoms with Crippen molar-refractivity contribution in [3.63, 3.8) is 0 Å². The molecule has 1 aromatic rings. The Balaban J connectivity index is 2.84. The Morgan fingerprint density at radius 3 is 2.07 bits per heavy atom. The Hall–Kier alpha value is -1.07. The highest BCUT2D eigenvalue weighted by molar-refractivity contribution is 7.87. The third-order valence-electron chi connectivity index (χ3n) is 1.82. The minimum Gasteiger partial charge on any atom is -0.731 e. The van der Waals surface area contributed by atoms with E-state index >= 15 is 0 Å². The van der Waals surface area contributed by atoms with Crippen LogP contribution in [-0.4, -0.2) is 13.0 Å². The lowest BCUT2D eigenvalue weighted by Gasteiger charge is -2.11. The predicted octanol–water partition coefficient (Wildman–Crippen LogP) is 1.68. The molecule has 0 aliphatic carbocycles. The van der Waals surface area contributed by atoms with Gasteiger partial charge in [0, 0.05) is 5.69 Å². The summed E-state index contributed by atoms with van der Waals surface area (Å²) >= 11 is 0. The molecule has 0 aliphatic heterocycles. The van der Waals surface area contributed by atoms with E-state index in [1.807, 2.05) is 18.6 Å².